The third kappa shape index (κ3) is 6.12. The first-order valence-corrected chi connectivity index (χ1v) is 14.3. The molecule has 1 aromatic carbocycles. The van der Waals surface area contributed by atoms with Crippen LogP contribution in [0.15, 0.2) is 65.2 Å². The van der Waals surface area contributed by atoms with E-state index >= 15 is 0 Å². The van der Waals surface area contributed by atoms with E-state index in [1.54, 1.807) is 12.2 Å². The van der Waals surface area contributed by atoms with Crippen LogP contribution < -0.4 is 15.1 Å². The van der Waals surface area contributed by atoms with Gasteiger partial charge >= 0.3 is 0 Å². The van der Waals surface area contributed by atoms with Crippen molar-refractivity contribution < 1.29 is 23.3 Å². The van der Waals surface area contributed by atoms with Gasteiger partial charge in [-0.15, -0.1) is 12.6 Å². The van der Waals surface area contributed by atoms with Crippen molar-refractivity contribution in [2.45, 2.75) is 62.6 Å². The van der Waals surface area contributed by atoms with Gasteiger partial charge < -0.3 is 34.1 Å². The summed E-state index contributed by atoms with van der Waals surface area (Å²) >= 11 is 4.55. The van der Waals surface area contributed by atoms with Crippen LogP contribution >= 0.6 is 12.6 Å². The zero-order valence-electron chi connectivity index (χ0n) is 23.3. The molecular formula is C29H35FN6O4S. The summed E-state index contributed by atoms with van der Waals surface area (Å²) < 4.78 is 39.0. The lowest BCUT2D eigenvalue weighted by atomic mass is 10.0. The van der Waals surface area contributed by atoms with Gasteiger partial charge in [0.1, 0.15) is 36.2 Å². The minimum absolute atomic E-state index is 0.193. The van der Waals surface area contributed by atoms with E-state index in [0.717, 1.165) is 17.7 Å². The summed E-state index contributed by atoms with van der Waals surface area (Å²) in [5.74, 6) is 0.334. The number of benzene rings is 1. The normalized spacial score (nSPS) is 27.1. The second-order valence-electron chi connectivity index (χ2n) is 10.9. The van der Waals surface area contributed by atoms with Crippen molar-refractivity contribution >= 4 is 41.9 Å². The number of nitrogens with one attached hydrogen (secondary N) is 1. The number of anilines is 3. The summed E-state index contributed by atoms with van der Waals surface area (Å²) in [5, 5.41) is 3.21. The minimum atomic E-state index is -0.778. The van der Waals surface area contributed by atoms with Gasteiger partial charge in [0, 0.05) is 25.5 Å². The van der Waals surface area contributed by atoms with E-state index in [-0.39, 0.29) is 24.6 Å². The van der Waals surface area contributed by atoms with Gasteiger partial charge in [0.05, 0.1) is 13.2 Å². The average Bonchev–Trinajstić information content (AvgIpc) is 3.44. The summed E-state index contributed by atoms with van der Waals surface area (Å²) in [5.41, 5.74) is 2.01. The molecule has 6 rings (SSSR count). The Morgan fingerprint density at radius 3 is 2.83 bits per heavy atom. The molecule has 1 unspecified atom stereocenters. The summed E-state index contributed by atoms with van der Waals surface area (Å²) in [6, 6.07) is 9.74. The fraction of sp³-hybridized carbons (Fsp3) is 0.483. The van der Waals surface area contributed by atoms with E-state index in [9.17, 15) is 4.39 Å². The smallest absolute Gasteiger partial charge is 0.173 e. The summed E-state index contributed by atoms with van der Waals surface area (Å²) in [6.07, 6.45) is 6.45. The van der Waals surface area contributed by atoms with Crippen molar-refractivity contribution in [2.75, 3.05) is 41.9 Å². The maximum Gasteiger partial charge on any atom is 0.173 e. The topological polar surface area (TPSA) is 93.6 Å². The van der Waals surface area contributed by atoms with Crippen molar-refractivity contribution in [3.8, 4) is 0 Å². The molecule has 10 nitrogen and oxygen atoms in total. The van der Waals surface area contributed by atoms with Crippen LogP contribution in [0, 0.1) is 0 Å². The lowest BCUT2D eigenvalue weighted by molar-refractivity contribution is -0.191. The molecule has 12 heteroatoms. The van der Waals surface area contributed by atoms with Gasteiger partial charge in [0.25, 0.3) is 0 Å². The highest BCUT2D eigenvalue weighted by Gasteiger charge is 2.57. The first-order valence-electron chi connectivity index (χ1n) is 13.8. The molecule has 1 aliphatic carbocycles. The van der Waals surface area contributed by atoms with Crippen molar-refractivity contribution in [2.24, 2.45) is 4.99 Å². The summed E-state index contributed by atoms with van der Waals surface area (Å²) in [4.78, 5) is 17.8. The molecule has 0 amide bonds. The maximum absolute atomic E-state index is 13.8. The Hall–Kier alpha value is -3.03. The SMILES string of the molecule is CN(CC1=CC(F)=CCC1)c1ncnc2c1N=CCN2[C@@H]1O[C@H](COC(S)Nc2ccccc2)[C@H]2OC(C)(C)O[C@H]21. The van der Waals surface area contributed by atoms with Crippen LogP contribution in [0.5, 0.6) is 0 Å². The lowest BCUT2D eigenvalue weighted by Gasteiger charge is -2.35. The molecule has 1 aromatic heterocycles. The number of nitrogens with zero attached hydrogens (tertiary/aromatic N) is 5. The number of para-hydroxylation sites is 1. The number of likely N-dealkylation sites (N-methyl/N-ethyl adjacent to an activating group) is 1. The molecule has 3 aliphatic heterocycles. The molecule has 0 spiro atoms. The monoisotopic (exact) mass is 582 g/mol. The van der Waals surface area contributed by atoms with Crippen molar-refractivity contribution in [1.82, 2.24) is 9.97 Å². The largest absolute Gasteiger partial charge is 0.354 e. The second-order valence-corrected chi connectivity index (χ2v) is 11.4. The number of hydrogen-bond donors (Lipinski definition) is 2. The quantitative estimate of drug-likeness (QED) is 0.325. The zero-order valence-corrected chi connectivity index (χ0v) is 24.2. The molecule has 1 N–H and O–H groups in total. The first kappa shape index (κ1) is 28.1. The Balaban J connectivity index is 1.19. The van der Waals surface area contributed by atoms with Gasteiger partial charge in [-0.3, -0.25) is 4.99 Å². The predicted molar refractivity (Wildman–Crippen MR) is 159 cm³/mol. The number of fused-ring (bicyclic) bond motifs is 2. The van der Waals surface area contributed by atoms with E-state index in [1.165, 1.54) is 6.33 Å². The van der Waals surface area contributed by atoms with Crippen molar-refractivity contribution in [3.05, 3.63) is 60.2 Å². The molecule has 41 heavy (non-hydrogen) atoms. The first-order chi connectivity index (χ1) is 19.8. The van der Waals surface area contributed by atoms with E-state index in [2.05, 4.69) is 32.9 Å². The van der Waals surface area contributed by atoms with Gasteiger partial charge in [-0.2, -0.15) is 0 Å². The van der Waals surface area contributed by atoms with Gasteiger partial charge in [0.15, 0.2) is 29.2 Å². The van der Waals surface area contributed by atoms with Crippen LogP contribution in [-0.4, -0.2) is 78.8 Å². The number of allylic oxidation sites excluding steroid dienone is 3. The van der Waals surface area contributed by atoms with Crippen LogP contribution in [-0.2, 0) is 18.9 Å². The number of aliphatic imine (C=N–C) groups is 1. The molecule has 2 fully saturated rings. The zero-order chi connectivity index (χ0) is 28.6. The van der Waals surface area contributed by atoms with Crippen LogP contribution in [0.2, 0.25) is 0 Å². The number of halogens is 1. The van der Waals surface area contributed by atoms with Crippen LogP contribution in [0.25, 0.3) is 0 Å². The lowest BCUT2D eigenvalue weighted by Crippen LogP contribution is -2.46. The highest BCUT2D eigenvalue weighted by molar-refractivity contribution is 7.80. The molecule has 2 saturated heterocycles. The third-order valence-electron chi connectivity index (χ3n) is 7.42. The fourth-order valence-corrected chi connectivity index (χ4v) is 5.91. The number of rotatable bonds is 9. The fourth-order valence-electron chi connectivity index (χ4n) is 5.67. The molecule has 4 heterocycles. The van der Waals surface area contributed by atoms with E-state index < -0.39 is 23.7 Å². The molecule has 218 valence electrons. The molecule has 4 aliphatic rings. The average molecular weight is 583 g/mol. The number of aromatic nitrogens is 2. The maximum atomic E-state index is 13.8. The van der Waals surface area contributed by atoms with Gasteiger partial charge in [-0.1, -0.05) is 18.2 Å². The van der Waals surface area contributed by atoms with Crippen molar-refractivity contribution in [3.63, 3.8) is 0 Å². The Kier molecular flexibility index (Phi) is 8.01. The Morgan fingerprint density at radius 1 is 1.22 bits per heavy atom. The third-order valence-corrected chi connectivity index (χ3v) is 7.70. The van der Waals surface area contributed by atoms with Gasteiger partial charge in [-0.25, -0.2) is 14.4 Å². The Morgan fingerprint density at radius 2 is 2.02 bits per heavy atom. The van der Waals surface area contributed by atoms with Gasteiger partial charge in [-0.05, 0) is 56.5 Å². The van der Waals surface area contributed by atoms with Crippen LogP contribution in [0.4, 0.5) is 27.4 Å². The van der Waals surface area contributed by atoms with Crippen LogP contribution in [0.1, 0.15) is 26.7 Å². The highest BCUT2D eigenvalue weighted by Crippen LogP contribution is 2.44. The number of hydrogen-bond acceptors (Lipinski definition) is 11. The predicted octanol–water partition coefficient (Wildman–Crippen LogP) is 4.60. The molecular weight excluding hydrogens is 547 g/mol. The highest BCUT2D eigenvalue weighted by atomic mass is 32.1. The van der Waals surface area contributed by atoms with E-state index in [1.807, 2.05) is 67.2 Å². The molecule has 0 saturated carbocycles. The van der Waals surface area contributed by atoms with E-state index in [0.29, 0.717) is 36.8 Å². The molecule has 2 aromatic rings. The molecule has 0 radical (unpaired) electrons. The standard InChI is InChI=1S/C29H35FN6O4S/c1-29(2)39-23-21(16-37-28(41)34-20-10-5-4-6-11-20)38-27(24(23)40-29)36-13-12-31-22-25(32-17-33-26(22)36)35(3)15-18-8-7-9-19(30)14-18/h4-6,9-12,14,17,21,23-24,27-28,34,41H,7-8,13,15-16H2,1-3H3/t21-,23-,24-,27-,28?/m1/s1. The Labute approximate surface area is 244 Å². The van der Waals surface area contributed by atoms with E-state index in [4.69, 9.17) is 18.9 Å². The molecule has 0 bridgehead atoms. The minimum Gasteiger partial charge on any atom is -0.354 e. The summed E-state index contributed by atoms with van der Waals surface area (Å²) in [7, 11) is 1.93. The van der Waals surface area contributed by atoms with Crippen LogP contribution in [0.3, 0.4) is 0 Å². The molecule has 5 atom stereocenters. The summed E-state index contributed by atoms with van der Waals surface area (Å²) in [6.45, 7) is 5.06. The second kappa shape index (κ2) is 11.7. The van der Waals surface area contributed by atoms with Gasteiger partial charge in [0.2, 0.25) is 0 Å². The number of thiol groups is 1. The number of ether oxygens (including phenoxy) is 4. The Bertz CT molecular complexity index is 1340. The van der Waals surface area contributed by atoms with Crippen molar-refractivity contribution in [1.29, 1.82) is 0 Å².